The standard InChI is InChI=1S/C27H37BrO3Si/c1-21(28)20-25-24(30-27(5,6)31-25)18-13-19-29-32(26(2,3)4,22-14-9-7-10-15-22)23-16-11-8-12-17-23/h7-12,14-17,24-25H,1,13,18-20H2,2-6H3/t24-,25-/m0/s1. The van der Waals surface area contributed by atoms with Crippen LogP contribution in [0.5, 0.6) is 0 Å². The highest BCUT2D eigenvalue weighted by molar-refractivity contribution is 9.11. The van der Waals surface area contributed by atoms with Gasteiger partial charge in [-0.2, -0.15) is 0 Å². The van der Waals surface area contributed by atoms with Crippen LogP contribution in [-0.4, -0.2) is 32.9 Å². The summed E-state index contributed by atoms with van der Waals surface area (Å²) in [6, 6.07) is 21.6. The van der Waals surface area contributed by atoms with Gasteiger partial charge in [-0.1, -0.05) is 104 Å². The third-order valence-corrected chi connectivity index (χ3v) is 11.4. The Labute approximate surface area is 203 Å². The maximum Gasteiger partial charge on any atom is 0.261 e. The Morgan fingerprint density at radius 3 is 1.94 bits per heavy atom. The summed E-state index contributed by atoms with van der Waals surface area (Å²) in [6.07, 6.45) is 2.63. The number of ether oxygens (including phenoxy) is 2. The summed E-state index contributed by atoms with van der Waals surface area (Å²) >= 11 is 3.48. The van der Waals surface area contributed by atoms with Crippen molar-refractivity contribution in [3.05, 3.63) is 71.7 Å². The number of hydrogen-bond acceptors (Lipinski definition) is 3. The van der Waals surface area contributed by atoms with Crippen LogP contribution in [0.3, 0.4) is 0 Å². The van der Waals surface area contributed by atoms with Crippen LogP contribution in [-0.2, 0) is 13.9 Å². The van der Waals surface area contributed by atoms with Crippen molar-refractivity contribution < 1.29 is 13.9 Å². The quantitative estimate of drug-likeness (QED) is 0.295. The first-order chi connectivity index (χ1) is 15.1. The van der Waals surface area contributed by atoms with E-state index in [2.05, 4.69) is 104 Å². The van der Waals surface area contributed by atoms with Gasteiger partial charge in [-0.3, -0.25) is 0 Å². The predicted molar refractivity (Wildman–Crippen MR) is 139 cm³/mol. The van der Waals surface area contributed by atoms with E-state index < -0.39 is 14.1 Å². The molecule has 3 rings (SSSR count). The molecule has 0 aromatic heterocycles. The van der Waals surface area contributed by atoms with Gasteiger partial charge < -0.3 is 13.9 Å². The van der Waals surface area contributed by atoms with Crippen molar-refractivity contribution in [1.29, 1.82) is 0 Å². The lowest BCUT2D eigenvalue weighted by Gasteiger charge is -2.43. The van der Waals surface area contributed by atoms with E-state index >= 15 is 0 Å². The third-order valence-electron chi connectivity index (χ3n) is 6.08. The van der Waals surface area contributed by atoms with Crippen LogP contribution in [0.15, 0.2) is 71.7 Å². The Bertz CT molecular complexity index is 837. The average Bonchev–Trinajstić information content (AvgIpc) is 3.01. The van der Waals surface area contributed by atoms with Gasteiger partial charge in [-0.15, -0.1) is 0 Å². The highest BCUT2D eigenvalue weighted by Gasteiger charge is 2.50. The summed E-state index contributed by atoms with van der Waals surface area (Å²) in [5.41, 5.74) is 0. The molecule has 5 heteroatoms. The van der Waals surface area contributed by atoms with E-state index in [1.807, 2.05) is 13.8 Å². The van der Waals surface area contributed by atoms with Crippen molar-refractivity contribution in [2.45, 2.75) is 76.9 Å². The molecule has 1 fully saturated rings. The predicted octanol–water partition coefficient (Wildman–Crippen LogP) is 6.16. The molecular weight excluding hydrogens is 480 g/mol. The first-order valence-corrected chi connectivity index (χ1v) is 14.2. The molecule has 2 aromatic rings. The monoisotopic (exact) mass is 516 g/mol. The van der Waals surface area contributed by atoms with Crippen molar-refractivity contribution >= 4 is 34.6 Å². The van der Waals surface area contributed by atoms with Gasteiger partial charge in [0.05, 0.1) is 12.2 Å². The highest BCUT2D eigenvalue weighted by atomic mass is 79.9. The molecule has 0 spiro atoms. The summed E-state index contributed by atoms with van der Waals surface area (Å²) in [5.74, 6) is -0.559. The Hall–Kier alpha value is -1.24. The van der Waals surface area contributed by atoms with Gasteiger partial charge in [0.1, 0.15) is 0 Å². The minimum Gasteiger partial charge on any atom is -0.407 e. The minimum absolute atomic E-state index is 0.0130. The van der Waals surface area contributed by atoms with Crippen LogP contribution < -0.4 is 10.4 Å². The fourth-order valence-electron chi connectivity index (χ4n) is 4.82. The second-order valence-electron chi connectivity index (χ2n) is 10.1. The molecule has 0 aliphatic carbocycles. The fraction of sp³-hybridized carbons (Fsp3) is 0.481. The second kappa shape index (κ2) is 10.4. The van der Waals surface area contributed by atoms with E-state index in [0.717, 1.165) is 23.7 Å². The zero-order valence-corrected chi connectivity index (χ0v) is 22.7. The second-order valence-corrected chi connectivity index (χ2v) is 15.5. The van der Waals surface area contributed by atoms with Crippen LogP contribution in [0.1, 0.15) is 53.9 Å². The van der Waals surface area contributed by atoms with E-state index in [1.54, 1.807) is 0 Å². The molecule has 1 heterocycles. The lowest BCUT2D eigenvalue weighted by Crippen LogP contribution is -2.66. The molecule has 0 saturated carbocycles. The molecule has 32 heavy (non-hydrogen) atoms. The SMILES string of the molecule is C=C(Br)C[C@@H]1OC(C)(C)O[C@H]1CCCO[Si](c1ccccc1)(c1ccccc1)C(C)(C)C. The van der Waals surface area contributed by atoms with Gasteiger partial charge in [-0.05, 0) is 46.6 Å². The molecule has 1 aliphatic rings. The summed E-state index contributed by atoms with van der Waals surface area (Å²) in [4.78, 5) is 0. The molecule has 1 saturated heterocycles. The van der Waals surface area contributed by atoms with Crippen molar-refractivity contribution in [2.24, 2.45) is 0 Å². The maximum absolute atomic E-state index is 7.01. The lowest BCUT2D eigenvalue weighted by atomic mass is 10.1. The van der Waals surface area contributed by atoms with Crippen molar-refractivity contribution in [3.8, 4) is 0 Å². The normalized spacial score (nSPS) is 20.9. The molecular formula is C27H37BrO3Si. The first kappa shape index (κ1) is 25.4. The van der Waals surface area contributed by atoms with Gasteiger partial charge >= 0.3 is 0 Å². The largest absolute Gasteiger partial charge is 0.407 e. The highest BCUT2D eigenvalue weighted by Crippen LogP contribution is 2.38. The molecule has 0 radical (unpaired) electrons. The number of hydrogen-bond donors (Lipinski definition) is 0. The van der Waals surface area contributed by atoms with Crippen LogP contribution in [0.4, 0.5) is 0 Å². The van der Waals surface area contributed by atoms with Gasteiger partial charge in [0.15, 0.2) is 5.79 Å². The van der Waals surface area contributed by atoms with E-state index in [9.17, 15) is 0 Å². The molecule has 0 unspecified atom stereocenters. The van der Waals surface area contributed by atoms with Gasteiger partial charge in [0.2, 0.25) is 0 Å². The van der Waals surface area contributed by atoms with Crippen LogP contribution in [0, 0.1) is 0 Å². The van der Waals surface area contributed by atoms with E-state index in [1.165, 1.54) is 10.4 Å². The van der Waals surface area contributed by atoms with Crippen LogP contribution >= 0.6 is 15.9 Å². The Morgan fingerprint density at radius 2 is 1.47 bits per heavy atom. The lowest BCUT2D eigenvalue weighted by molar-refractivity contribution is -0.146. The average molecular weight is 518 g/mol. The number of rotatable bonds is 9. The topological polar surface area (TPSA) is 27.7 Å². The Kier molecular flexibility index (Phi) is 8.21. The molecule has 0 bridgehead atoms. The number of halogens is 1. The Balaban J connectivity index is 1.79. The summed E-state index contributed by atoms with van der Waals surface area (Å²) in [6.45, 7) is 15.6. The molecule has 174 valence electrons. The first-order valence-electron chi connectivity index (χ1n) is 11.5. The maximum atomic E-state index is 7.01. The van der Waals surface area contributed by atoms with E-state index in [4.69, 9.17) is 13.9 Å². The summed E-state index contributed by atoms with van der Waals surface area (Å²) in [7, 11) is -2.49. The smallest absolute Gasteiger partial charge is 0.261 e. The fourth-order valence-corrected chi connectivity index (χ4v) is 9.74. The third kappa shape index (κ3) is 5.81. The molecule has 2 atom stereocenters. The Morgan fingerprint density at radius 1 is 0.969 bits per heavy atom. The molecule has 3 nitrogen and oxygen atoms in total. The molecule has 1 aliphatic heterocycles. The van der Waals surface area contributed by atoms with Crippen molar-refractivity contribution in [3.63, 3.8) is 0 Å². The van der Waals surface area contributed by atoms with Gasteiger partial charge in [0, 0.05) is 13.0 Å². The van der Waals surface area contributed by atoms with Gasteiger partial charge in [-0.25, -0.2) is 0 Å². The molecule has 0 N–H and O–H groups in total. The summed E-state index contributed by atoms with van der Waals surface area (Å²) in [5, 5.41) is 2.61. The van der Waals surface area contributed by atoms with E-state index in [0.29, 0.717) is 6.61 Å². The van der Waals surface area contributed by atoms with Crippen molar-refractivity contribution in [1.82, 2.24) is 0 Å². The zero-order chi connectivity index (χ0) is 23.4. The van der Waals surface area contributed by atoms with Crippen LogP contribution in [0.2, 0.25) is 5.04 Å². The van der Waals surface area contributed by atoms with Gasteiger partial charge in [0.25, 0.3) is 8.32 Å². The van der Waals surface area contributed by atoms with E-state index in [-0.39, 0.29) is 17.2 Å². The zero-order valence-electron chi connectivity index (χ0n) is 20.1. The van der Waals surface area contributed by atoms with Crippen molar-refractivity contribution in [2.75, 3.05) is 6.61 Å². The summed E-state index contributed by atoms with van der Waals surface area (Å²) < 4.78 is 20.3. The molecule has 0 amide bonds. The minimum atomic E-state index is -2.49. The number of benzene rings is 2. The van der Waals surface area contributed by atoms with Crippen LogP contribution in [0.25, 0.3) is 0 Å². The molecule has 2 aromatic carbocycles.